The van der Waals surface area contributed by atoms with E-state index in [9.17, 15) is 4.79 Å². The Morgan fingerprint density at radius 3 is 2.56 bits per heavy atom. The molecule has 2 saturated heterocycles. The maximum absolute atomic E-state index is 12.8. The van der Waals surface area contributed by atoms with Gasteiger partial charge in [-0.15, -0.1) is 0 Å². The highest BCUT2D eigenvalue weighted by atomic mass is 16.2. The Bertz CT molecular complexity index is 856. The molecule has 0 bridgehead atoms. The molecule has 0 aliphatic carbocycles. The van der Waals surface area contributed by atoms with E-state index in [4.69, 9.17) is 4.98 Å². The summed E-state index contributed by atoms with van der Waals surface area (Å²) in [5, 5.41) is 0. The zero-order chi connectivity index (χ0) is 22.3. The Labute approximate surface area is 193 Å². The average molecular weight is 438 g/mol. The molecule has 4 rings (SSSR count). The lowest BCUT2D eigenvalue weighted by Gasteiger charge is -2.36. The van der Waals surface area contributed by atoms with Crippen molar-refractivity contribution in [1.29, 1.82) is 0 Å². The highest BCUT2D eigenvalue weighted by Crippen LogP contribution is 2.23. The third-order valence-electron chi connectivity index (χ3n) is 7.09. The summed E-state index contributed by atoms with van der Waals surface area (Å²) in [5.74, 6) is 2.05. The summed E-state index contributed by atoms with van der Waals surface area (Å²) in [4.78, 5) is 28.1. The fourth-order valence-corrected chi connectivity index (χ4v) is 5.11. The number of hydrogen-bond donors (Lipinski definition) is 1. The number of aromatic amines is 1. The molecular formula is C26H39N5O. The molecule has 1 aromatic carbocycles. The Morgan fingerprint density at radius 2 is 1.84 bits per heavy atom. The summed E-state index contributed by atoms with van der Waals surface area (Å²) in [6.45, 7) is 12.1. The number of hydrogen-bond acceptors (Lipinski definition) is 4. The molecule has 6 nitrogen and oxygen atoms in total. The smallest absolute Gasteiger partial charge is 0.222 e. The van der Waals surface area contributed by atoms with Gasteiger partial charge in [-0.05, 0) is 44.2 Å². The van der Waals surface area contributed by atoms with Gasteiger partial charge < -0.3 is 9.88 Å². The molecule has 2 fully saturated rings. The molecule has 1 amide bonds. The summed E-state index contributed by atoms with van der Waals surface area (Å²) >= 11 is 0. The van der Waals surface area contributed by atoms with Gasteiger partial charge in [0.05, 0.1) is 5.69 Å². The predicted molar refractivity (Wildman–Crippen MR) is 128 cm³/mol. The van der Waals surface area contributed by atoms with E-state index < -0.39 is 0 Å². The number of carbonyl (C=O) groups is 1. The molecule has 1 atom stereocenters. The predicted octanol–water partition coefficient (Wildman–Crippen LogP) is 3.62. The summed E-state index contributed by atoms with van der Waals surface area (Å²) in [6, 6.07) is 10.6. The normalized spacial score (nSPS) is 20.6. The number of amides is 1. The first-order valence-corrected chi connectivity index (χ1v) is 12.4. The van der Waals surface area contributed by atoms with E-state index in [2.05, 4.69) is 63.9 Å². The minimum absolute atomic E-state index is 0.345. The van der Waals surface area contributed by atoms with Crippen LogP contribution in [-0.4, -0.2) is 69.8 Å². The number of aryl methyl sites for hydroxylation is 2. The Balaban J connectivity index is 1.18. The number of nitrogens with one attached hydrogen (secondary N) is 1. The van der Waals surface area contributed by atoms with Gasteiger partial charge >= 0.3 is 0 Å². The fourth-order valence-electron chi connectivity index (χ4n) is 5.11. The Hall–Kier alpha value is -2.18. The van der Waals surface area contributed by atoms with Crippen LogP contribution in [0.4, 0.5) is 0 Å². The topological polar surface area (TPSA) is 55.5 Å². The van der Waals surface area contributed by atoms with Crippen LogP contribution in [0.1, 0.15) is 55.4 Å². The number of likely N-dealkylation sites (tertiary alicyclic amines) is 1. The number of piperazine rings is 1. The molecule has 6 heteroatoms. The zero-order valence-electron chi connectivity index (χ0n) is 19.9. The van der Waals surface area contributed by atoms with E-state index in [0.717, 1.165) is 71.0 Å². The maximum atomic E-state index is 12.8. The van der Waals surface area contributed by atoms with Crippen LogP contribution in [0.15, 0.2) is 30.3 Å². The summed E-state index contributed by atoms with van der Waals surface area (Å²) in [6.07, 6.45) is 5.12. The van der Waals surface area contributed by atoms with E-state index in [-0.39, 0.29) is 0 Å². The number of nitrogens with zero attached hydrogens (tertiary/aromatic N) is 4. The lowest BCUT2D eigenvalue weighted by molar-refractivity contribution is -0.133. The molecule has 32 heavy (non-hydrogen) atoms. The highest BCUT2D eigenvalue weighted by Gasteiger charge is 2.25. The van der Waals surface area contributed by atoms with Crippen LogP contribution in [0.3, 0.4) is 0 Å². The first kappa shape index (κ1) is 23.0. The largest absolute Gasteiger partial charge is 0.346 e. The molecule has 1 aromatic heterocycles. The SMILES string of the molecule is CCc1nc(CN2CCCC(CCC(=O)N3CCN(Cc4ccccc4)CC3)C2)c(C)[nH]1. The van der Waals surface area contributed by atoms with Gasteiger partial charge in [-0.1, -0.05) is 37.3 Å². The minimum atomic E-state index is 0.345. The summed E-state index contributed by atoms with van der Waals surface area (Å²) < 4.78 is 0. The second kappa shape index (κ2) is 11.1. The molecule has 2 aliphatic rings. The van der Waals surface area contributed by atoms with Crippen molar-refractivity contribution < 1.29 is 4.79 Å². The third-order valence-corrected chi connectivity index (χ3v) is 7.09. The molecule has 1 unspecified atom stereocenters. The van der Waals surface area contributed by atoms with Crippen molar-refractivity contribution in [1.82, 2.24) is 24.7 Å². The van der Waals surface area contributed by atoms with Crippen molar-refractivity contribution in [3.63, 3.8) is 0 Å². The number of benzene rings is 1. The lowest BCUT2D eigenvalue weighted by atomic mass is 9.93. The van der Waals surface area contributed by atoms with Gasteiger partial charge in [0.1, 0.15) is 5.82 Å². The monoisotopic (exact) mass is 437 g/mol. The third kappa shape index (κ3) is 6.20. The van der Waals surface area contributed by atoms with Crippen LogP contribution in [0.25, 0.3) is 0 Å². The van der Waals surface area contributed by atoms with E-state index in [1.165, 1.54) is 29.8 Å². The van der Waals surface area contributed by atoms with E-state index in [1.807, 2.05) is 0 Å². The molecule has 0 radical (unpaired) electrons. The summed E-state index contributed by atoms with van der Waals surface area (Å²) in [5.41, 5.74) is 3.74. The number of aromatic nitrogens is 2. The van der Waals surface area contributed by atoms with Gasteiger partial charge in [-0.2, -0.15) is 0 Å². The van der Waals surface area contributed by atoms with E-state index >= 15 is 0 Å². The zero-order valence-corrected chi connectivity index (χ0v) is 19.9. The van der Waals surface area contributed by atoms with Gasteiger partial charge in [0, 0.05) is 64.3 Å². The number of carbonyl (C=O) groups excluding carboxylic acids is 1. The molecule has 0 spiro atoms. The van der Waals surface area contributed by atoms with Gasteiger partial charge in [-0.3, -0.25) is 14.6 Å². The fraction of sp³-hybridized carbons (Fsp3) is 0.615. The number of piperidine rings is 1. The van der Waals surface area contributed by atoms with Crippen LogP contribution in [0.2, 0.25) is 0 Å². The van der Waals surface area contributed by atoms with Gasteiger partial charge in [-0.25, -0.2) is 4.98 Å². The quantitative estimate of drug-likeness (QED) is 0.685. The second-order valence-corrected chi connectivity index (χ2v) is 9.53. The lowest BCUT2D eigenvalue weighted by Crippen LogP contribution is -2.48. The first-order chi connectivity index (χ1) is 15.6. The van der Waals surface area contributed by atoms with E-state index in [1.54, 1.807) is 0 Å². The minimum Gasteiger partial charge on any atom is -0.346 e. The number of imidazole rings is 1. The van der Waals surface area contributed by atoms with Crippen molar-refractivity contribution >= 4 is 5.91 Å². The van der Waals surface area contributed by atoms with Crippen molar-refractivity contribution in [3.05, 3.63) is 53.1 Å². The molecular weight excluding hydrogens is 398 g/mol. The van der Waals surface area contributed by atoms with Crippen LogP contribution < -0.4 is 0 Å². The molecule has 2 aliphatic heterocycles. The van der Waals surface area contributed by atoms with Crippen molar-refractivity contribution in [2.45, 2.75) is 59.0 Å². The van der Waals surface area contributed by atoms with Crippen LogP contribution in [-0.2, 0) is 24.3 Å². The van der Waals surface area contributed by atoms with Crippen LogP contribution >= 0.6 is 0 Å². The average Bonchev–Trinajstić information content (AvgIpc) is 3.18. The molecule has 2 aromatic rings. The van der Waals surface area contributed by atoms with Gasteiger partial charge in [0.15, 0.2) is 0 Å². The highest BCUT2D eigenvalue weighted by molar-refractivity contribution is 5.76. The maximum Gasteiger partial charge on any atom is 0.222 e. The van der Waals surface area contributed by atoms with E-state index in [0.29, 0.717) is 18.2 Å². The molecule has 174 valence electrons. The summed E-state index contributed by atoms with van der Waals surface area (Å²) in [7, 11) is 0. The van der Waals surface area contributed by atoms with Gasteiger partial charge in [0.25, 0.3) is 0 Å². The number of H-pyrrole nitrogens is 1. The number of rotatable bonds is 8. The van der Waals surface area contributed by atoms with Crippen LogP contribution in [0, 0.1) is 12.8 Å². The first-order valence-electron chi connectivity index (χ1n) is 12.4. The van der Waals surface area contributed by atoms with Crippen molar-refractivity contribution in [2.24, 2.45) is 5.92 Å². The second-order valence-electron chi connectivity index (χ2n) is 9.53. The molecule has 0 saturated carbocycles. The van der Waals surface area contributed by atoms with Crippen molar-refractivity contribution in [3.8, 4) is 0 Å². The van der Waals surface area contributed by atoms with Gasteiger partial charge in [0.2, 0.25) is 5.91 Å². The Morgan fingerprint density at radius 1 is 1.06 bits per heavy atom. The Kier molecular flexibility index (Phi) is 7.98. The van der Waals surface area contributed by atoms with Crippen molar-refractivity contribution in [2.75, 3.05) is 39.3 Å². The van der Waals surface area contributed by atoms with Crippen LogP contribution in [0.5, 0.6) is 0 Å². The molecule has 1 N–H and O–H groups in total. The molecule has 3 heterocycles. The standard InChI is InChI=1S/C26H39N5O/c1-3-25-27-21(2)24(28-25)20-30-13-7-10-23(19-30)11-12-26(32)31-16-14-29(15-17-31)18-22-8-5-4-6-9-22/h4-6,8-9,23H,3,7,10-20H2,1-2H3,(H,27,28).